The zero-order valence-corrected chi connectivity index (χ0v) is 18.3. The molecule has 2 N–H and O–H groups in total. The summed E-state index contributed by atoms with van der Waals surface area (Å²) < 4.78 is 40.0. The molecule has 2 aliphatic heterocycles. The van der Waals surface area contributed by atoms with E-state index in [1.807, 2.05) is 4.90 Å². The number of carbonyl (C=O) groups excluding carboxylic acids is 2. The molecule has 0 radical (unpaired) electrons. The van der Waals surface area contributed by atoms with Gasteiger partial charge in [-0.1, -0.05) is 32.0 Å². The number of halogens is 1. The van der Waals surface area contributed by atoms with Gasteiger partial charge < -0.3 is 10.2 Å². The van der Waals surface area contributed by atoms with Crippen LogP contribution in [0.1, 0.15) is 25.8 Å². The molecular formula is C20H29FN4O4S. The molecule has 2 aliphatic rings. The maximum Gasteiger partial charge on any atom is 0.242 e. The Hall–Kier alpha value is -2.04. The molecule has 3 rings (SSSR count). The predicted molar refractivity (Wildman–Crippen MR) is 110 cm³/mol. The van der Waals surface area contributed by atoms with Gasteiger partial charge in [-0.3, -0.25) is 14.5 Å². The molecule has 2 fully saturated rings. The molecule has 1 aromatic rings. The number of piperazine rings is 1. The summed E-state index contributed by atoms with van der Waals surface area (Å²) in [6.45, 7) is 4.66. The fourth-order valence-corrected chi connectivity index (χ4v) is 4.91. The lowest BCUT2D eigenvalue weighted by atomic mass is 10.0. The molecule has 30 heavy (non-hydrogen) atoms. The maximum atomic E-state index is 14.2. The second-order valence-electron chi connectivity index (χ2n) is 8.40. The summed E-state index contributed by atoms with van der Waals surface area (Å²) in [6.07, 6.45) is 1.60. The Labute approximate surface area is 176 Å². The van der Waals surface area contributed by atoms with Crippen molar-refractivity contribution in [1.29, 1.82) is 0 Å². The Morgan fingerprint density at radius 3 is 2.60 bits per heavy atom. The summed E-state index contributed by atoms with van der Waals surface area (Å²) in [4.78, 5) is 28.9. The molecule has 1 aromatic carbocycles. The van der Waals surface area contributed by atoms with Gasteiger partial charge >= 0.3 is 0 Å². The van der Waals surface area contributed by atoms with Gasteiger partial charge in [0.2, 0.25) is 21.8 Å². The van der Waals surface area contributed by atoms with E-state index in [9.17, 15) is 22.4 Å². The fourth-order valence-electron chi connectivity index (χ4n) is 4.13. The lowest BCUT2D eigenvalue weighted by Gasteiger charge is -2.43. The zero-order valence-electron chi connectivity index (χ0n) is 17.5. The third-order valence-corrected chi connectivity index (χ3v) is 6.34. The van der Waals surface area contributed by atoms with Crippen molar-refractivity contribution in [2.45, 2.75) is 44.9 Å². The van der Waals surface area contributed by atoms with Gasteiger partial charge in [0.25, 0.3) is 0 Å². The van der Waals surface area contributed by atoms with Crippen LogP contribution in [0.25, 0.3) is 0 Å². The maximum absolute atomic E-state index is 14.2. The highest BCUT2D eigenvalue weighted by Crippen LogP contribution is 2.28. The Morgan fingerprint density at radius 1 is 1.27 bits per heavy atom. The Balaban J connectivity index is 1.80. The number of rotatable bonds is 7. The van der Waals surface area contributed by atoms with Crippen molar-refractivity contribution in [2.24, 2.45) is 5.92 Å². The minimum absolute atomic E-state index is 0.123. The SMILES string of the molecule is CC(C)C(=O)NC[C@H]1C(=O)N2C[C@@H](NS(C)(=O)=O)C[C@H]2CN1Cc1ccccc1F. The molecule has 0 bridgehead atoms. The van der Waals surface area contributed by atoms with E-state index >= 15 is 0 Å². The highest BCUT2D eigenvalue weighted by Gasteiger charge is 2.46. The average molecular weight is 441 g/mol. The first kappa shape index (κ1) is 22.6. The van der Waals surface area contributed by atoms with E-state index in [1.54, 1.807) is 36.9 Å². The first-order valence-electron chi connectivity index (χ1n) is 10.1. The van der Waals surface area contributed by atoms with Crippen LogP contribution in [0.4, 0.5) is 4.39 Å². The van der Waals surface area contributed by atoms with Crippen LogP contribution in [0.15, 0.2) is 24.3 Å². The minimum atomic E-state index is -3.39. The highest BCUT2D eigenvalue weighted by molar-refractivity contribution is 7.88. The third kappa shape index (κ3) is 5.35. The Bertz CT molecular complexity index is 908. The number of fused-ring (bicyclic) bond motifs is 1. The van der Waals surface area contributed by atoms with Gasteiger partial charge in [-0.25, -0.2) is 17.5 Å². The van der Waals surface area contributed by atoms with Crippen molar-refractivity contribution < 1.29 is 22.4 Å². The molecule has 0 spiro atoms. The van der Waals surface area contributed by atoms with Crippen LogP contribution in [-0.2, 0) is 26.2 Å². The largest absolute Gasteiger partial charge is 0.354 e. The number of hydrogen-bond acceptors (Lipinski definition) is 5. The third-order valence-electron chi connectivity index (χ3n) is 5.57. The van der Waals surface area contributed by atoms with Crippen molar-refractivity contribution in [2.75, 3.05) is 25.9 Å². The van der Waals surface area contributed by atoms with Crippen LogP contribution in [-0.4, -0.2) is 74.0 Å². The summed E-state index contributed by atoms with van der Waals surface area (Å²) in [5.74, 6) is -0.898. The van der Waals surface area contributed by atoms with Crippen molar-refractivity contribution in [3.63, 3.8) is 0 Å². The van der Waals surface area contributed by atoms with Gasteiger partial charge in [0.05, 0.1) is 6.26 Å². The molecule has 0 aromatic heterocycles. The van der Waals surface area contributed by atoms with Crippen LogP contribution < -0.4 is 10.0 Å². The molecule has 0 saturated carbocycles. The van der Waals surface area contributed by atoms with Crippen LogP contribution in [0, 0.1) is 11.7 Å². The lowest BCUT2D eigenvalue weighted by Crippen LogP contribution is -2.62. The van der Waals surface area contributed by atoms with Crippen LogP contribution in [0.2, 0.25) is 0 Å². The summed E-state index contributed by atoms with van der Waals surface area (Å²) in [5.41, 5.74) is 0.475. The monoisotopic (exact) mass is 440 g/mol. The standard InChI is InChI=1S/C20H29FN4O4S/c1-13(2)19(26)22-9-18-20(27)25-11-15(23-30(3,28)29)8-16(25)12-24(18)10-14-6-4-5-7-17(14)21/h4-7,13,15-16,18,23H,8-12H2,1-3H3,(H,22,26)/t15-,16-,18-/m0/s1. The molecule has 0 aliphatic carbocycles. The van der Waals surface area contributed by atoms with E-state index < -0.39 is 16.1 Å². The fraction of sp³-hybridized carbons (Fsp3) is 0.600. The second-order valence-corrected chi connectivity index (χ2v) is 10.2. The van der Waals surface area contributed by atoms with Gasteiger partial charge in [-0.15, -0.1) is 0 Å². The first-order chi connectivity index (χ1) is 14.0. The summed E-state index contributed by atoms with van der Waals surface area (Å²) in [5, 5.41) is 2.81. The normalized spacial score (nSPS) is 24.9. The van der Waals surface area contributed by atoms with E-state index in [-0.39, 0.29) is 48.7 Å². The van der Waals surface area contributed by atoms with Crippen molar-refractivity contribution in [3.8, 4) is 0 Å². The molecule has 2 saturated heterocycles. The van der Waals surface area contributed by atoms with E-state index in [2.05, 4.69) is 10.0 Å². The Kier molecular flexibility index (Phi) is 6.78. The van der Waals surface area contributed by atoms with E-state index in [4.69, 9.17) is 0 Å². The molecule has 0 unspecified atom stereocenters. The molecule has 2 amide bonds. The van der Waals surface area contributed by atoms with Crippen LogP contribution in [0.5, 0.6) is 0 Å². The van der Waals surface area contributed by atoms with Crippen LogP contribution >= 0.6 is 0 Å². The molecule has 8 nitrogen and oxygen atoms in total. The number of sulfonamides is 1. The number of nitrogens with one attached hydrogen (secondary N) is 2. The van der Waals surface area contributed by atoms with Gasteiger partial charge in [0.15, 0.2) is 0 Å². The van der Waals surface area contributed by atoms with Crippen molar-refractivity contribution in [3.05, 3.63) is 35.6 Å². The average Bonchev–Trinajstić information content (AvgIpc) is 3.03. The molecule has 166 valence electrons. The molecule has 2 heterocycles. The van der Waals surface area contributed by atoms with Crippen molar-refractivity contribution >= 4 is 21.8 Å². The molecule has 3 atom stereocenters. The van der Waals surface area contributed by atoms with E-state index in [1.165, 1.54) is 6.07 Å². The summed E-state index contributed by atoms with van der Waals surface area (Å²) in [6, 6.07) is 5.26. The number of nitrogens with zero attached hydrogens (tertiary/aromatic N) is 2. The predicted octanol–water partition coefficient (Wildman–Crippen LogP) is 0.301. The van der Waals surface area contributed by atoms with Gasteiger partial charge in [-0.05, 0) is 12.5 Å². The summed E-state index contributed by atoms with van der Waals surface area (Å²) >= 11 is 0. The van der Waals surface area contributed by atoms with Gasteiger partial charge in [0, 0.05) is 49.7 Å². The number of carbonyl (C=O) groups is 2. The van der Waals surface area contributed by atoms with Gasteiger partial charge in [-0.2, -0.15) is 0 Å². The van der Waals surface area contributed by atoms with Crippen molar-refractivity contribution in [1.82, 2.24) is 19.8 Å². The topological polar surface area (TPSA) is 98.8 Å². The highest BCUT2D eigenvalue weighted by atomic mass is 32.2. The smallest absolute Gasteiger partial charge is 0.242 e. The Morgan fingerprint density at radius 2 is 1.97 bits per heavy atom. The molecule has 10 heteroatoms. The number of benzene rings is 1. The minimum Gasteiger partial charge on any atom is -0.354 e. The number of amides is 2. The second kappa shape index (κ2) is 8.99. The summed E-state index contributed by atoms with van der Waals surface area (Å²) in [7, 11) is -3.39. The van der Waals surface area contributed by atoms with E-state index in [0.717, 1.165) is 6.26 Å². The lowest BCUT2D eigenvalue weighted by molar-refractivity contribution is -0.144. The molecular weight excluding hydrogens is 411 g/mol. The quantitative estimate of drug-likeness (QED) is 0.636. The first-order valence-corrected chi connectivity index (χ1v) is 12.0. The van der Waals surface area contributed by atoms with E-state index in [0.29, 0.717) is 25.1 Å². The zero-order chi connectivity index (χ0) is 22.1. The van der Waals surface area contributed by atoms with Crippen LogP contribution in [0.3, 0.4) is 0 Å². The van der Waals surface area contributed by atoms with Gasteiger partial charge in [0.1, 0.15) is 11.9 Å². The number of hydrogen-bond donors (Lipinski definition) is 2.